The lowest BCUT2D eigenvalue weighted by Crippen LogP contribution is -2.46. The van der Waals surface area contributed by atoms with Crippen LogP contribution in [-0.4, -0.2) is 71.4 Å². The summed E-state index contributed by atoms with van der Waals surface area (Å²) in [7, 11) is -3.19. The van der Waals surface area contributed by atoms with E-state index in [9.17, 15) is 13.2 Å². The van der Waals surface area contributed by atoms with Crippen LogP contribution in [-0.2, 0) is 14.6 Å². The van der Waals surface area contributed by atoms with Gasteiger partial charge in [-0.2, -0.15) is 0 Å². The number of sulfone groups is 1. The Morgan fingerprint density at radius 1 is 1.24 bits per heavy atom. The van der Waals surface area contributed by atoms with Gasteiger partial charge in [-0.05, 0) is 30.7 Å². The Morgan fingerprint density at radius 2 is 1.92 bits per heavy atom. The molecular formula is C17H27N3O4S. The van der Waals surface area contributed by atoms with Gasteiger partial charge < -0.3 is 15.4 Å². The quantitative estimate of drug-likeness (QED) is 0.608. The van der Waals surface area contributed by atoms with Crippen molar-refractivity contribution in [2.24, 2.45) is 0 Å². The molecule has 0 aliphatic carbocycles. The van der Waals surface area contributed by atoms with Crippen LogP contribution in [0.25, 0.3) is 0 Å². The van der Waals surface area contributed by atoms with Crippen LogP contribution in [0, 0.1) is 0 Å². The molecule has 2 N–H and O–H groups in total. The third-order valence-corrected chi connectivity index (χ3v) is 5.16. The molecule has 0 spiro atoms. The highest BCUT2D eigenvalue weighted by Gasteiger charge is 2.09. The predicted molar refractivity (Wildman–Crippen MR) is 96.6 cm³/mol. The fourth-order valence-corrected chi connectivity index (χ4v) is 3.21. The lowest BCUT2D eigenvalue weighted by molar-refractivity contribution is -0.121. The van der Waals surface area contributed by atoms with Gasteiger partial charge in [-0.1, -0.05) is 0 Å². The average molecular weight is 369 g/mol. The van der Waals surface area contributed by atoms with Gasteiger partial charge in [0.2, 0.25) is 5.91 Å². The van der Waals surface area contributed by atoms with Crippen molar-refractivity contribution in [2.75, 3.05) is 52.1 Å². The minimum atomic E-state index is -3.19. The first-order valence-corrected chi connectivity index (χ1v) is 10.5. The van der Waals surface area contributed by atoms with Crippen molar-refractivity contribution >= 4 is 15.7 Å². The number of carbonyl (C=O) groups excluding carboxylic acids is 1. The first-order valence-electron chi connectivity index (χ1n) is 8.58. The maximum Gasteiger partial charge on any atom is 0.220 e. The van der Waals surface area contributed by atoms with Gasteiger partial charge in [-0.15, -0.1) is 0 Å². The number of ether oxygens (including phenoxy) is 1. The first-order chi connectivity index (χ1) is 11.9. The summed E-state index contributed by atoms with van der Waals surface area (Å²) in [5.74, 6) is 0.637. The number of hydrogen-bond donors (Lipinski definition) is 2. The fourth-order valence-electron chi connectivity index (χ4n) is 2.58. The summed E-state index contributed by atoms with van der Waals surface area (Å²) in [5.41, 5.74) is 0. The maximum atomic E-state index is 11.8. The minimum absolute atomic E-state index is 0.0335. The number of hydrogen-bond acceptors (Lipinski definition) is 6. The van der Waals surface area contributed by atoms with Crippen molar-refractivity contribution in [3.63, 3.8) is 0 Å². The van der Waals surface area contributed by atoms with Gasteiger partial charge in [0, 0.05) is 51.9 Å². The molecule has 0 bridgehead atoms. The Labute approximate surface area is 149 Å². The average Bonchev–Trinajstić information content (AvgIpc) is 2.59. The summed E-state index contributed by atoms with van der Waals surface area (Å²) in [6.07, 6.45) is 2.21. The van der Waals surface area contributed by atoms with Crippen molar-refractivity contribution < 1.29 is 17.9 Å². The molecule has 140 valence electrons. The Hall–Kier alpha value is -1.64. The van der Waals surface area contributed by atoms with E-state index in [1.165, 1.54) is 18.4 Å². The molecular weight excluding hydrogens is 342 g/mol. The highest BCUT2D eigenvalue weighted by Crippen LogP contribution is 2.16. The summed E-state index contributed by atoms with van der Waals surface area (Å²) in [5, 5.41) is 6.23. The van der Waals surface area contributed by atoms with Crippen LogP contribution in [0.5, 0.6) is 5.75 Å². The zero-order valence-electron chi connectivity index (χ0n) is 14.7. The van der Waals surface area contributed by atoms with Crippen LogP contribution in [0.15, 0.2) is 29.2 Å². The Morgan fingerprint density at radius 3 is 2.56 bits per heavy atom. The molecule has 0 saturated carbocycles. The molecule has 2 rings (SSSR count). The zero-order valence-corrected chi connectivity index (χ0v) is 15.5. The van der Waals surface area contributed by atoms with E-state index in [1.54, 1.807) is 12.1 Å². The van der Waals surface area contributed by atoms with Crippen molar-refractivity contribution in [3.05, 3.63) is 24.3 Å². The monoisotopic (exact) mass is 369 g/mol. The van der Waals surface area contributed by atoms with Crippen molar-refractivity contribution in [1.29, 1.82) is 0 Å². The molecule has 1 saturated heterocycles. The van der Waals surface area contributed by atoms with E-state index >= 15 is 0 Å². The molecule has 1 amide bonds. The van der Waals surface area contributed by atoms with Gasteiger partial charge in [0.1, 0.15) is 5.75 Å². The molecule has 1 aliphatic heterocycles. The van der Waals surface area contributed by atoms with E-state index in [2.05, 4.69) is 15.5 Å². The van der Waals surface area contributed by atoms with Crippen LogP contribution in [0.3, 0.4) is 0 Å². The molecule has 25 heavy (non-hydrogen) atoms. The van der Waals surface area contributed by atoms with Gasteiger partial charge in [0.25, 0.3) is 0 Å². The van der Waals surface area contributed by atoms with Crippen molar-refractivity contribution in [3.8, 4) is 5.75 Å². The number of carbonyl (C=O) groups is 1. The molecule has 1 heterocycles. The molecule has 1 aliphatic rings. The third kappa shape index (κ3) is 7.41. The molecule has 0 aromatic heterocycles. The Kier molecular flexibility index (Phi) is 7.67. The molecule has 7 nitrogen and oxygen atoms in total. The number of benzene rings is 1. The lowest BCUT2D eigenvalue weighted by Gasteiger charge is -2.27. The van der Waals surface area contributed by atoms with Crippen molar-refractivity contribution in [1.82, 2.24) is 15.5 Å². The van der Waals surface area contributed by atoms with E-state index in [0.29, 0.717) is 31.7 Å². The second-order valence-electron chi connectivity index (χ2n) is 6.14. The molecule has 1 aromatic carbocycles. The second kappa shape index (κ2) is 9.74. The van der Waals surface area contributed by atoms with Gasteiger partial charge in [-0.25, -0.2) is 8.42 Å². The van der Waals surface area contributed by atoms with Gasteiger partial charge >= 0.3 is 0 Å². The topological polar surface area (TPSA) is 87.7 Å². The van der Waals surface area contributed by atoms with Gasteiger partial charge in [0.05, 0.1) is 11.5 Å². The zero-order chi connectivity index (χ0) is 18.1. The highest BCUT2D eigenvalue weighted by atomic mass is 32.2. The number of piperazine rings is 1. The SMILES string of the molecule is CS(=O)(=O)c1ccc(OCCCC(=O)NCCN2CCNCC2)cc1. The Balaban J connectivity index is 1.56. The van der Waals surface area contributed by atoms with Gasteiger partial charge in [-0.3, -0.25) is 9.69 Å². The molecule has 1 aromatic rings. The number of amides is 1. The van der Waals surface area contributed by atoms with E-state index in [1.807, 2.05) is 0 Å². The Bertz CT molecular complexity index is 640. The van der Waals surface area contributed by atoms with E-state index < -0.39 is 9.84 Å². The molecule has 0 unspecified atom stereocenters. The molecule has 0 atom stereocenters. The molecule has 8 heteroatoms. The number of nitrogens with one attached hydrogen (secondary N) is 2. The second-order valence-corrected chi connectivity index (χ2v) is 8.15. The van der Waals surface area contributed by atoms with Crippen LogP contribution in [0.2, 0.25) is 0 Å². The predicted octanol–water partition coefficient (Wildman–Crippen LogP) is 0.271. The summed E-state index contributed by atoms with van der Waals surface area (Å²) in [4.78, 5) is 14.4. The summed E-state index contributed by atoms with van der Waals surface area (Å²) in [6.45, 7) is 6.06. The fraction of sp³-hybridized carbons (Fsp3) is 0.588. The first kappa shape index (κ1) is 19.7. The largest absolute Gasteiger partial charge is 0.494 e. The highest BCUT2D eigenvalue weighted by molar-refractivity contribution is 7.90. The van der Waals surface area contributed by atoms with Crippen LogP contribution >= 0.6 is 0 Å². The van der Waals surface area contributed by atoms with E-state index in [-0.39, 0.29) is 10.8 Å². The summed E-state index contributed by atoms with van der Waals surface area (Å²) in [6, 6.07) is 6.30. The van der Waals surface area contributed by atoms with Gasteiger partial charge in [0.15, 0.2) is 9.84 Å². The molecule has 1 fully saturated rings. The van der Waals surface area contributed by atoms with Crippen LogP contribution in [0.4, 0.5) is 0 Å². The van der Waals surface area contributed by atoms with E-state index in [0.717, 1.165) is 32.7 Å². The van der Waals surface area contributed by atoms with Crippen LogP contribution < -0.4 is 15.4 Å². The maximum absolute atomic E-state index is 11.8. The van der Waals surface area contributed by atoms with Crippen molar-refractivity contribution in [2.45, 2.75) is 17.7 Å². The third-order valence-electron chi connectivity index (χ3n) is 4.03. The van der Waals surface area contributed by atoms with E-state index in [4.69, 9.17) is 4.74 Å². The standard InChI is InChI=1S/C17H27N3O4S/c1-25(22,23)16-6-4-15(5-7-16)24-14-2-3-17(21)19-10-13-20-11-8-18-9-12-20/h4-7,18H,2-3,8-14H2,1H3,(H,19,21). The number of nitrogens with zero attached hydrogens (tertiary/aromatic N) is 1. The summed E-state index contributed by atoms with van der Waals surface area (Å²) < 4.78 is 28.3. The number of rotatable bonds is 9. The van der Waals surface area contributed by atoms with Crippen LogP contribution in [0.1, 0.15) is 12.8 Å². The lowest BCUT2D eigenvalue weighted by atomic mass is 10.3. The molecule has 0 radical (unpaired) electrons. The minimum Gasteiger partial charge on any atom is -0.494 e. The smallest absolute Gasteiger partial charge is 0.220 e. The summed E-state index contributed by atoms with van der Waals surface area (Å²) >= 11 is 0. The normalized spacial score (nSPS) is 15.7.